The Bertz CT molecular complexity index is 218. The third-order valence-electron chi connectivity index (χ3n) is 3.88. The quantitative estimate of drug-likeness (QED) is 0.494. The summed E-state index contributed by atoms with van der Waals surface area (Å²) in [6.45, 7) is 8.94. The van der Waals surface area contributed by atoms with Crippen LogP contribution in [-0.2, 0) is 0 Å². The molecule has 0 nitrogen and oxygen atoms in total. The van der Waals surface area contributed by atoms with Crippen molar-refractivity contribution in [3.8, 4) is 23.9 Å². The van der Waals surface area contributed by atoms with E-state index in [4.69, 9.17) is 12.8 Å². The van der Waals surface area contributed by atoms with Gasteiger partial charge < -0.3 is 0 Å². The molecule has 0 aliphatic heterocycles. The minimum atomic E-state index is -1.57. The maximum atomic E-state index is 5.79. The molecule has 0 saturated heterocycles. The normalized spacial score (nSPS) is 11.9. The van der Waals surface area contributed by atoms with Gasteiger partial charge in [0.15, 0.2) is 0 Å². The van der Waals surface area contributed by atoms with Crippen LogP contribution in [0, 0.1) is 23.9 Å². The molecule has 0 fully saturated rings. The molecule has 0 bridgehead atoms. The molecular weight excluding hydrogens is 200 g/mol. The van der Waals surface area contributed by atoms with Crippen LogP contribution < -0.4 is 0 Å². The van der Waals surface area contributed by atoms with E-state index in [1.165, 1.54) is 0 Å². The molecule has 0 unspecified atom stereocenters. The van der Waals surface area contributed by atoms with E-state index in [1.54, 1.807) is 0 Å². The summed E-state index contributed by atoms with van der Waals surface area (Å²) in [5.41, 5.74) is 6.33. The molecule has 14 heavy (non-hydrogen) atoms. The first-order valence-corrected chi connectivity index (χ1v) is 11.4. The van der Waals surface area contributed by atoms with Gasteiger partial charge in [-0.2, -0.15) is 0 Å². The molecule has 0 atom stereocenters. The largest absolute Gasteiger partial charge is 0.143 e. The van der Waals surface area contributed by atoms with Crippen LogP contribution in [0.5, 0.6) is 0 Å². The van der Waals surface area contributed by atoms with Gasteiger partial charge in [0.2, 0.25) is 0 Å². The summed E-state index contributed by atoms with van der Waals surface area (Å²) in [7, 11) is -3.13. The predicted octanol–water partition coefficient (Wildman–Crippen LogP) is 3.39. The van der Waals surface area contributed by atoms with Crippen LogP contribution in [0.15, 0.2) is 0 Å². The minimum absolute atomic E-state index is 1.16. The zero-order valence-electron chi connectivity index (χ0n) is 9.98. The Morgan fingerprint density at radius 3 is 1.00 bits per heavy atom. The molecular formula is C12H22Si2. The Morgan fingerprint density at radius 1 is 0.714 bits per heavy atom. The third kappa shape index (κ3) is 1.83. The average molecular weight is 222 g/mol. The molecule has 0 spiro atoms. The lowest BCUT2D eigenvalue weighted by molar-refractivity contribution is 1.25. The van der Waals surface area contributed by atoms with E-state index in [1.807, 2.05) is 0 Å². The highest BCUT2D eigenvalue weighted by atomic mass is 29.3. The Kier molecular flexibility index (Phi) is 5.27. The average Bonchev–Trinajstić information content (AvgIpc) is 2.27. The van der Waals surface area contributed by atoms with E-state index < -0.39 is 15.2 Å². The number of hydrogen-bond donors (Lipinski definition) is 0. The Labute approximate surface area is 91.3 Å². The van der Waals surface area contributed by atoms with Gasteiger partial charge >= 0.3 is 0 Å². The van der Waals surface area contributed by atoms with Crippen molar-refractivity contribution in [2.45, 2.75) is 51.9 Å². The first kappa shape index (κ1) is 13.6. The molecule has 0 aliphatic rings. The van der Waals surface area contributed by atoms with E-state index >= 15 is 0 Å². The number of rotatable bonds is 5. The SMILES string of the molecule is C#C[Si](CC)(CC)[Si](C#C)(CC)CC. The molecule has 0 aromatic carbocycles. The fraction of sp³-hybridized carbons (Fsp3) is 0.667. The highest BCUT2D eigenvalue weighted by Gasteiger charge is 2.49. The lowest BCUT2D eigenvalue weighted by Crippen LogP contribution is -2.60. The van der Waals surface area contributed by atoms with Crippen LogP contribution in [-0.4, -0.2) is 15.2 Å². The highest BCUT2D eigenvalue weighted by molar-refractivity contribution is 7.48. The van der Waals surface area contributed by atoms with Crippen LogP contribution in [0.3, 0.4) is 0 Å². The molecule has 0 aliphatic carbocycles. The lowest BCUT2D eigenvalue weighted by atomic mass is 10.9. The smallest absolute Gasteiger partial charge is 0.137 e. The molecule has 0 aromatic heterocycles. The van der Waals surface area contributed by atoms with E-state index in [-0.39, 0.29) is 0 Å². The van der Waals surface area contributed by atoms with Crippen molar-refractivity contribution < 1.29 is 0 Å². The van der Waals surface area contributed by atoms with Gasteiger partial charge in [0, 0.05) is 0 Å². The summed E-state index contributed by atoms with van der Waals surface area (Å²) < 4.78 is 0. The second kappa shape index (κ2) is 5.44. The van der Waals surface area contributed by atoms with Gasteiger partial charge in [-0.3, -0.25) is 0 Å². The third-order valence-corrected chi connectivity index (χ3v) is 22.3. The first-order chi connectivity index (χ1) is 6.61. The molecule has 2 heteroatoms. The van der Waals surface area contributed by atoms with E-state index in [0.717, 1.165) is 24.2 Å². The topological polar surface area (TPSA) is 0 Å². The summed E-state index contributed by atoms with van der Waals surface area (Å²) in [5.74, 6) is 0. The second-order valence-electron chi connectivity index (χ2n) is 3.87. The van der Waals surface area contributed by atoms with E-state index in [0.29, 0.717) is 0 Å². The van der Waals surface area contributed by atoms with Gasteiger partial charge in [-0.15, -0.1) is 23.9 Å². The number of hydrogen-bond acceptors (Lipinski definition) is 0. The maximum Gasteiger partial charge on any atom is 0.143 e. The summed E-state index contributed by atoms with van der Waals surface area (Å²) in [6, 6.07) is 4.66. The van der Waals surface area contributed by atoms with E-state index in [9.17, 15) is 0 Å². The van der Waals surface area contributed by atoms with Gasteiger partial charge in [-0.05, 0) is 0 Å². The summed E-state index contributed by atoms with van der Waals surface area (Å²) in [5, 5.41) is 0. The van der Waals surface area contributed by atoms with Crippen LogP contribution >= 0.6 is 0 Å². The minimum Gasteiger partial charge on any atom is -0.137 e. The van der Waals surface area contributed by atoms with Crippen molar-refractivity contribution in [2.24, 2.45) is 0 Å². The molecule has 0 N–H and O–H groups in total. The molecule has 0 aromatic rings. The Hall–Kier alpha value is -0.446. The van der Waals surface area contributed by atoms with Crippen molar-refractivity contribution in [3.63, 3.8) is 0 Å². The summed E-state index contributed by atoms with van der Waals surface area (Å²) >= 11 is 0. The number of terminal acetylenes is 2. The second-order valence-corrected chi connectivity index (χ2v) is 17.3. The van der Waals surface area contributed by atoms with Crippen LogP contribution in [0.4, 0.5) is 0 Å². The van der Waals surface area contributed by atoms with Gasteiger partial charge in [0.05, 0.1) is 0 Å². The Morgan fingerprint density at radius 2 is 0.929 bits per heavy atom. The van der Waals surface area contributed by atoms with Crippen LogP contribution in [0.25, 0.3) is 0 Å². The monoisotopic (exact) mass is 222 g/mol. The lowest BCUT2D eigenvalue weighted by Gasteiger charge is -2.38. The molecule has 0 saturated carbocycles. The summed E-state index contributed by atoms with van der Waals surface area (Å²) in [4.78, 5) is 0. The first-order valence-electron chi connectivity index (χ1n) is 5.57. The highest BCUT2D eigenvalue weighted by Crippen LogP contribution is 2.32. The van der Waals surface area contributed by atoms with Gasteiger partial charge in [-0.25, -0.2) is 0 Å². The van der Waals surface area contributed by atoms with Crippen LogP contribution in [0.2, 0.25) is 24.2 Å². The van der Waals surface area contributed by atoms with Gasteiger partial charge in [0.1, 0.15) is 15.2 Å². The van der Waals surface area contributed by atoms with Crippen molar-refractivity contribution in [2.75, 3.05) is 0 Å². The van der Waals surface area contributed by atoms with E-state index in [2.05, 4.69) is 38.8 Å². The van der Waals surface area contributed by atoms with Crippen molar-refractivity contribution in [3.05, 3.63) is 0 Å². The van der Waals surface area contributed by atoms with Gasteiger partial charge in [0.25, 0.3) is 0 Å². The fourth-order valence-electron chi connectivity index (χ4n) is 2.54. The van der Waals surface area contributed by atoms with Crippen LogP contribution in [0.1, 0.15) is 27.7 Å². The predicted molar refractivity (Wildman–Crippen MR) is 71.1 cm³/mol. The van der Waals surface area contributed by atoms with Crippen molar-refractivity contribution in [1.82, 2.24) is 0 Å². The fourth-order valence-corrected chi connectivity index (χ4v) is 17.4. The molecule has 0 radical (unpaired) electrons. The standard InChI is InChI=1S/C12H22Si2/c1-7-13(8-2,9-3)14(10-4,11-5)12-6/h1,4H,8-9,11-12H2,2-3,5-6H3. The molecule has 0 rings (SSSR count). The Balaban J connectivity index is 5.37. The zero-order chi connectivity index (χ0) is 11.2. The molecule has 0 heterocycles. The van der Waals surface area contributed by atoms with Crippen molar-refractivity contribution in [1.29, 1.82) is 0 Å². The zero-order valence-corrected chi connectivity index (χ0v) is 12.0. The van der Waals surface area contributed by atoms with Gasteiger partial charge in [-0.1, -0.05) is 51.9 Å². The maximum absolute atomic E-state index is 5.79. The summed E-state index contributed by atoms with van der Waals surface area (Å²) in [6.07, 6.45) is 11.6. The molecule has 0 amide bonds. The molecule has 78 valence electrons. The van der Waals surface area contributed by atoms with Crippen molar-refractivity contribution >= 4 is 15.2 Å².